The number of amides is 1. The molecule has 1 amide bonds. The van der Waals surface area contributed by atoms with E-state index in [0.29, 0.717) is 35.3 Å². The van der Waals surface area contributed by atoms with Crippen LogP contribution in [0.25, 0.3) is 10.2 Å². The van der Waals surface area contributed by atoms with E-state index in [4.69, 9.17) is 9.72 Å². The first-order valence-corrected chi connectivity index (χ1v) is 14.2. The molecule has 3 aromatic heterocycles. The summed E-state index contributed by atoms with van der Waals surface area (Å²) in [5.41, 5.74) is 2.87. The number of thioether (sulfide) groups is 1. The molecule has 1 N–H and O–H groups in total. The van der Waals surface area contributed by atoms with Crippen LogP contribution < -0.4 is 10.9 Å². The largest absolute Gasteiger partial charge is 0.385 e. The van der Waals surface area contributed by atoms with Crippen LogP contribution in [0.1, 0.15) is 52.1 Å². The highest BCUT2D eigenvalue weighted by atomic mass is 32.2. The Bertz CT molecular complexity index is 1350. The van der Waals surface area contributed by atoms with Crippen molar-refractivity contribution in [1.82, 2.24) is 9.55 Å². The molecule has 0 aromatic carbocycles. The minimum Gasteiger partial charge on any atom is -0.385 e. The molecule has 0 saturated heterocycles. The van der Waals surface area contributed by atoms with Gasteiger partial charge in [-0.3, -0.25) is 14.2 Å². The lowest BCUT2D eigenvalue weighted by Gasteiger charge is -2.12. The summed E-state index contributed by atoms with van der Waals surface area (Å²) in [5.74, 6) is -0.0626. The van der Waals surface area contributed by atoms with Gasteiger partial charge in [-0.25, -0.2) is 4.98 Å². The van der Waals surface area contributed by atoms with E-state index in [9.17, 15) is 14.9 Å². The summed E-state index contributed by atoms with van der Waals surface area (Å²) in [4.78, 5) is 34.4. The minimum absolute atomic E-state index is 0.0129. The highest BCUT2D eigenvalue weighted by Gasteiger charge is 2.25. The van der Waals surface area contributed by atoms with Gasteiger partial charge in [0.2, 0.25) is 5.91 Å². The number of thiophene rings is 2. The number of rotatable bonds is 8. The predicted molar refractivity (Wildman–Crippen MR) is 137 cm³/mol. The fourth-order valence-corrected chi connectivity index (χ4v) is 8.18. The van der Waals surface area contributed by atoms with Crippen LogP contribution in [0.4, 0.5) is 5.00 Å². The van der Waals surface area contributed by atoms with Crippen LogP contribution >= 0.6 is 34.4 Å². The lowest BCUT2D eigenvalue weighted by Crippen LogP contribution is -2.25. The Morgan fingerprint density at radius 2 is 1.94 bits per heavy atom. The molecule has 0 bridgehead atoms. The molecule has 0 saturated carbocycles. The van der Waals surface area contributed by atoms with Gasteiger partial charge < -0.3 is 10.1 Å². The van der Waals surface area contributed by atoms with Crippen LogP contribution in [0.15, 0.2) is 9.95 Å². The van der Waals surface area contributed by atoms with Crippen molar-refractivity contribution in [1.29, 1.82) is 5.26 Å². The van der Waals surface area contributed by atoms with E-state index in [2.05, 4.69) is 11.4 Å². The Morgan fingerprint density at radius 3 is 2.76 bits per heavy atom. The minimum atomic E-state index is -0.188. The monoisotopic (exact) mass is 514 g/mol. The number of nitrogens with one attached hydrogen (secondary N) is 1. The van der Waals surface area contributed by atoms with Crippen molar-refractivity contribution in [2.45, 2.75) is 63.1 Å². The number of methoxy groups -OCH3 is 1. The first-order chi connectivity index (χ1) is 16.6. The second-order valence-electron chi connectivity index (χ2n) is 8.60. The van der Waals surface area contributed by atoms with Gasteiger partial charge >= 0.3 is 0 Å². The molecular weight excluding hydrogens is 488 g/mol. The number of carbonyl (C=O) groups is 1. The molecule has 7 nitrogen and oxygen atoms in total. The highest BCUT2D eigenvalue weighted by Crippen LogP contribution is 2.38. The number of anilines is 1. The number of nitrogens with zero attached hydrogens (tertiary/aromatic N) is 3. The predicted octanol–water partition coefficient (Wildman–Crippen LogP) is 4.53. The number of hydrogen-bond donors (Lipinski definition) is 1. The number of hydrogen-bond acceptors (Lipinski definition) is 8. The summed E-state index contributed by atoms with van der Waals surface area (Å²) < 4.78 is 6.88. The SMILES string of the molecule is COCCCn1c(SCC(=O)Nc2sc3c(c2C#N)CCCC3)nc2sc3c(c2c1=O)CCC3. The van der Waals surface area contributed by atoms with Crippen LogP contribution in [-0.2, 0) is 41.8 Å². The molecule has 2 aliphatic carbocycles. The normalized spacial score (nSPS) is 14.7. The lowest BCUT2D eigenvalue weighted by molar-refractivity contribution is -0.113. The van der Waals surface area contributed by atoms with E-state index in [1.54, 1.807) is 23.0 Å². The second kappa shape index (κ2) is 10.2. The number of aryl methyl sites for hydroxylation is 3. The second-order valence-corrected chi connectivity index (χ2v) is 11.7. The van der Waals surface area contributed by atoms with E-state index < -0.39 is 0 Å². The quantitative estimate of drug-likeness (QED) is 0.270. The molecule has 5 rings (SSSR count). The number of fused-ring (bicyclic) bond motifs is 4. The van der Waals surface area contributed by atoms with E-state index in [1.807, 2.05) is 0 Å². The van der Waals surface area contributed by atoms with Gasteiger partial charge in [-0.05, 0) is 62.5 Å². The molecule has 2 aliphatic rings. The molecule has 3 heterocycles. The first kappa shape index (κ1) is 23.5. The summed E-state index contributed by atoms with van der Waals surface area (Å²) in [6.07, 6.45) is 7.83. The molecule has 3 aromatic rings. The molecule has 0 aliphatic heterocycles. The lowest BCUT2D eigenvalue weighted by atomic mass is 9.96. The van der Waals surface area contributed by atoms with Crippen molar-refractivity contribution in [3.63, 3.8) is 0 Å². The maximum absolute atomic E-state index is 13.4. The average Bonchev–Trinajstić information content (AvgIpc) is 3.51. The van der Waals surface area contributed by atoms with Crippen LogP contribution in [0.2, 0.25) is 0 Å². The van der Waals surface area contributed by atoms with Gasteiger partial charge in [0.25, 0.3) is 5.56 Å². The summed E-state index contributed by atoms with van der Waals surface area (Å²) in [7, 11) is 1.65. The average molecular weight is 515 g/mol. The van der Waals surface area contributed by atoms with E-state index >= 15 is 0 Å². The molecule has 10 heteroatoms. The standard InChI is InChI=1S/C24H26N4O3S3/c1-31-11-5-10-28-23(30)20-15-7-4-9-18(15)34-22(20)27-24(28)32-13-19(29)26-21-16(12-25)14-6-2-3-8-17(14)33-21/h2-11,13H2,1H3,(H,26,29). The fraction of sp³-hybridized carbons (Fsp3) is 0.500. The van der Waals surface area contributed by atoms with Gasteiger partial charge in [0.05, 0.1) is 16.7 Å². The summed E-state index contributed by atoms with van der Waals surface area (Å²) in [5, 5.41) is 14.6. The zero-order valence-electron chi connectivity index (χ0n) is 19.1. The van der Waals surface area contributed by atoms with E-state index in [1.165, 1.54) is 32.9 Å². The Balaban J connectivity index is 1.37. The van der Waals surface area contributed by atoms with Crippen LogP contribution in [0, 0.1) is 11.3 Å². The van der Waals surface area contributed by atoms with Gasteiger partial charge in [0.15, 0.2) is 5.16 Å². The number of aromatic nitrogens is 2. The van der Waals surface area contributed by atoms with Gasteiger partial charge in [-0.15, -0.1) is 22.7 Å². The van der Waals surface area contributed by atoms with Crippen molar-refractivity contribution in [2.24, 2.45) is 0 Å². The van der Waals surface area contributed by atoms with Gasteiger partial charge in [-0.1, -0.05) is 11.8 Å². The third kappa shape index (κ3) is 4.42. The smallest absolute Gasteiger partial charge is 0.263 e. The molecule has 0 fully saturated rings. The van der Waals surface area contributed by atoms with Crippen molar-refractivity contribution in [3.05, 3.63) is 36.8 Å². The molecule has 34 heavy (non-hydrogen) atoms. The number of carbonyl (C=O) groups excluding carboxylic acids is 1. The molecule has 0 atom stereocenters. The van der Waals surface area contributed by atoms with Crippen LogP contribution in [-0.4, -0.2) is 34.9 Å². The molecular formula is C24H26N4O3S3. The van der Waals surface area contributed by atoms with Crippen molar-refractivity contribution in [2.75, 3.05) is 24.8 Å². The van der Waals surface area contributed by atoms with Gasteiger partial charge in [0, 0.05) is 30.0 Å². The van der Waals surface area contributed by atoms with Crippen LogP contribution in [0.5, 0.6) is 0 Å². The summed E-state index contributed by atoms with van der Waals surface area (Å²) in [6.45, 7) is 1.05. The highest BCUT2D eigenvalue weighted by molar-refractivity contribution is 7.99. The number of nitriles is 1. The van der Waals surface area contributed by atoms with Gasteiger partial charge in [-0.2, -0.15) is 5.26 Å². The number of ether oxygens (including phenoxy) is 1. The third-order valence-electron chi connectivity index (χ3n) is 6.39. The van der Waals surface area contributed by atoms with Crippen LogP contribution in [0.3, 0.4) is 0 Å². The zero-order chi connectivity index (χ0) is 23.7. The Kier molecular flexibility index (Phi) is 7.06. The molecule has 178 valence electrons. The Hall–Kier alpha value is -2.19. The van der Waals surface area contributed by atoms with E-state index in [-0.39, 0.29) is 17.2 Å². The molecule has 0 radical (unpaired) electrons. The third-order valence-corrected chi connectivity index (χ3v) is 9.76. The maximum Gasteiger partial charge on any atom is 0.263 e. The summed E-state index contributed by atoms with van der Waals surface area (Å²) >= 11 is 4.41. The van der Waals surface area contributed by atoms with E-state index in [0.717, 1.165) is 66.3 Å². The fourth-order valence-electron chi connectivity index (χ4n) is 4.80. The summed E-state index contributed by atoms with van der Waals surface area (Å²) in [6, 6.07) is 2.29. The Morgan fingerprint density at radius 1 is 1.18 bits per heavy atom. The zero-order valence-corrected chi connectivity index (χ0v) is 21.5. The topological polar surface area (TPSA) is 97.0 Å². The molecule has 0 spiro atoms. The first-order valence-electron chi connectivity index (χ1n) is 11.6. The van der Waals surface area contributed by atoms with Crippen molar-refractivity contribution < 1.29 is 9.53 Å². The Labute approximate surface area is 210 Å². The van der Waals surface area contributed by atoms with Crippen molar-refractivity contribution in [3.8, 4) is 6.07 Å². The van der Waals surface area contributed by atoms with Crippen molar-refractivity contribution >= 4 is 55.6 Å². The van der Waals surface area contributed by atoms with Gasteiger partial charge in [0.1, 0.15) is 15.9 Å². The molecule has 0 unspecified atom stereocenters. The maximum atomic E-state index is 13.4.